The van der Waals surface area contributed by atoms with E-state index in [1.54, 1.807) is 27.7 Å². The Balaban J connectivity index is 1.55. The molecule has 1 aromatic carbocycles. The zero-order valence-electron chi connectivity index (χ0n) is 19.1. The van der Waals surface area contributed by atoms with Crippen LogP contribution in [0.25, 0.3) is 11.4 Å². The van der Waals surface area contributed by atoms with E-state index in [9.17, 15) is 18.1 Å². The molecule has 1 aliphatic heterocycles. The molecule has 182 valence electrons. The predicted octanol–water partition coefficient (Wildman–Crippen LogP) is 4.16. The lowest BCUT2D eigenvalue weighted by atomic mass is 10.1. The summed E-state index contributed by atoms with van der Waals surface area (Å²) in [5.74, 6) is -1.74. The fraction of sp³-hybridized carbons (Fsp3) is 0.571. The number of carbonyl (C=O) groups excluding carboxylic acids is 1. The van der Waals surface area contributed by atoms with Crippen molar-refractivity contribution in [3.05, 3.63) is 29.7 Å². The molecule has 0 amide bonds. The van der Waals surface area contributed by atoms with E-state index in [0.717, 1.165) is 12.1 Å². The van der Waals surface area contributed by atoms with Crippen LogP contribution in [0.15, 0.2) is 21.6 Å². The van der Waals surface area contributed by atoms with Crippen molar-refractivity contribution in [1.29, 1.82) is 0 Å². The van der Waals surface area contributed by atoms with Gasteiger partial charge in [0.15, 0.2) is 11.6 Å². The molecule has 1 fully saturated rings. The van der Waals surface area contributed by atoms with Crippen molar-refractivity contribution >= 4 is 17.3 Å². The molecule has 0 saturated carbocycles. The molecule has 12 heteroatoms. The Morgan fingerprint density at radius 2 is 1.88 bits per heavy atom. The molecule has 1 saturated heterocycles. The lowest BCUT2D eigenvalue weighted by Gasteiger charge is -2.31. The Hall–Kier alpha value is -2.28. The number of benzene rings is 1. The van der Waals surface area contributed by atoms with E-state index >= 15 is 0 Å². The average molecular weight is 488 g/mol. The first-order valence-corrected chi connectivity index (χ1v) is 12.0. The van der Waals surface area contributed by atoms with E-state index in [1.165, 1.54) is 11.3 Å². The summed E-state index contributed by atoms with van der Waals surface area (Å²) in [4.78, 5) is 20.7. The maximum Gasteiger partial charge on any atom is 0.528 e. The summed E-state index contributed by atoms with van der Waals surface area (Å²) < 4.78 is 56.1. The van der Waals surface area contributed by atoms with Gasteiger partial charge in [0.25, 0.3) is 5.89 Å². The van der Waals surface area contributed by atoms with Crippen LogP contribution in [0.3, 0.4) is 0 Å². The van der Waals surface area contributed by atoms with Crippen LogP contribution in [0.5, 0.6) is 0 Å². The van der Waals surface area contributed by atoms with E-state index in [0.29, 0.717) is 25.9 Å². The van der Waals surface area contributed by atoms with Crippen molar-refractivity contribution in [2.75, 3.05) is 19.3 Å². The molecule has 0 spiro atoms. The van der Waals surface area contributed by atoms with Gasteiger partial charge in [-0.05, 0) is 63.8 Å². The minimum Gasteiger partial charge on any atom is -0.611 e. The largest absolute Gasteiger partial charge is 0.611 e. The van der Waals surface area contributed by atoms with Crippen LogP contribution in [0.2, 0.25) is 0 Å². The van der Waals surface area contributed by atoms with Crippen molar-refractivity contribution in [2.24, 2.45) is 0 Å². The van der Waals surface area contributed by atoms with Gasteiger partial charge in [-0.15, -0.1) is 5.06 Å². The first-order valence-electron chi connectivity index (χ1n) is 10.4. The molecule has 2 atom stereocenters. The van der Waals surface area contributed by atoms with Crippen LogP contribution in [-0.2, 0) is 25.5 Å². The molecular weight excluding hydrogens is 460 g/mol. The summed E-state index contributed by atoms with van der Waals surface area (Å²) in [7, 11) is 0. The van der Waals surface area contributed by atoms with Crippen molar-refractivity contribution in [1.82, 2.24) is 15.2 Å². The number of hydroxylamine groups is 2. The van der Waals surface area contributed by atoms with Crippen molar-refractivity contribution in [2.45, 2.75) is 63.2 Å². The third-order valence-electron chi connectivity index (χ3n) is 4.72. The number of ether oxygens (including phenoxy) is 2. The first kappa shape index (κ1) is 25.3. The molecule has 1 aliphatic rings. The Morgan fingerprint density at radius 3 is 2.42 bits per heavy atom. The molecule has 0 radical (unpaired) electrons. The molecule has 9 nitrogen and oxygen atoms in total. The third kappa shape index (κ3) is 6.85. The molecular formula is C21H27F2N3O6S. The standard InChI is InChI=1S/C21H27F2N3O6S/c1-12(29-14-6-8-26(9-7-14)32-20(27)30-21(2,3)4)19-24-18(25-31-19)13-10-15(22)17(33(5)28)16(23)11-13/h10-12,14H,6-9H2,1-5H3. The highest BCUT2D eigenvalue weighted by Gasteiger charge is 2.28. The molecule has 0 bridgehead atoms. The van der Waals surface area contributed by atoms with Crippen LogP contribution in [0, 0.1) is 11.6 Å². The Morgan fingerprint density at radius 1 is 1.27 bits per heavy atom. The van der Waals surface area contributed by atoms with E-state index in [2.05, 4.69) is 10.1 Å². The maximum absolute atomic E-state index is 14.1. The second-order valence-electron chi connectivity index (χ2n) is 8.64. The van der Waals surface area contributed by atoms with Gasteiger partial charge in [-0.25, -0.2) is 13.6 Å². The summed E-state index contributed by atoms with van der Waals surface area (Å²) in [6.07, 6.45) is 0.940. The molecule has 2 unspecified atom stereocenters. The highest BCUT2D eigenvalue weighted by molar-refractivity contribution is 7.90. The zero-order valence-corrected chi connectivity index (χ0v) is 19.9. The quantitative estimate of drug-likeness (QED) is 0.438. The molecule has 2 aromatic rings. The van der Waals surface area contributed by atoms with Crippen LogP contribution >= 0.6 is 0 Å². The van der Waals surface area contributed by atoms with Gasteiger partial charge < -0.3 is 23.4 Å². The van der Waals surface area contributed by atoms with Crippen LogP contribution in [0.4, 0.5) is 13.6 Å². The summed E-state index contributed by atoms with van der Waals surface area (Å²) in [6, 6.07) is 2.03. The van der Waals surface area contributed by atoms with Gasteiger partial charge in [-0.2, -0.15) is 4.98 Å². The number of halogens is 2. The minimum atomic E-state index is -1.81. The number of nitrogens with zero attached hydrogens (tertiary/aromatic N) is 3. The van der Waals surface area contributed by atoms with Crippen molar-refractivity contribution in [3.63, 3.8) is 0 Å². The van der Waals surface area contributed by atoms with Crippen LogP contribution < -0.4 is 0 Å². The molecule has 0 aliphatic carbocycles. The second-order valence-corrected chi connectivity index (χ2v) is 9.96. The van der Waals surface area contributed by atoms with Crippen molar-refractivity contribution < 1.29 is 37.0 Å². The van der Waals surface area contributed by atoms with E-state index in [4.69, 9.17) is 18.8 Å². The molecule has 33 heavy (non-hydrogen) atoms. The summed E-state index contributed by atoms with van der Waals surface area (Å²) in [5.41, 5.74) is -0.570. The van der Waals surface area contributed by atoms with E-state index in [1.807, 2.05) is 0 Å². The highest BCUT2D eigenvalue weighted by Crippen LogP contribution is 2.28. The normalized spacial score (nSPS) is 17.6. The maximum atomic E-state index is 14.1. The van der Waals surface area contributed by atoms with Gasteiger partial charge in [0.2, 0.25) is 10.7 Å². The van der Waals surface area contributed by atoms with E-state index < -0.39 is 45.6 Å². The monoisotopic (exact) mass is 487 g/mol. The number of rotatable bonds is 6. The zero-order chi connectivity index (χ0) is 24.3. The second kappa shape index (κ2) is 10.3. The number of hydrogen-bond donors (Lipinski definition) is 0. The van der Waals surface area contributed by atoms with Gasteiger partial charge in [0.1, 0.15) is 18.0 Å². The number of piperidine rings is 1. The summed E-state index contributed by atoms with van der Waals surface area (Å²) in [6.45, 7) is 7.94. The molecule has 0 N–H and O–H groups in total. The topological polar surface area (TPSA) is 110 Å². The highest BCUT2D eigenvalue weighted by atomic mass is 32.2. The van der Waals surface area contributed by atoms with Gasteiger partial charge in [0, 0.05) is 18.7 Å². The fourth-order valence-corrected chi connectivity index (χ4v) is 3.93. The van der Waals surface area contributed by atoms with E-state index in [-0.39, 0.29) is 23.4 Å². The summed E-state index contributed by atoms with van der Waals surface area (Å²) in [5, 5.41) is 5.30. The molecule has 2 heterocycles. The Bertz CT molecular complexity index is 950. The van der Waals surface area contributed by atoms with Gasteiger partial charge in [-0.1, -0.05) is 5.16 Å². The lowest BCUT2D eigenvalue weighted by molar-refractivity contribution is -0.169. The fourth-order valence-electron chi connectivity index (χ4n) is 3.26. The third-order valence-corrected chi connectivity index (χ3v) is 5.69. The number of aromatic nitrogens is 2. The van der Waals surface area contributed by atoms with Crippen LogP contribution in [0.1, 0.15) is 52.5 Å². The average Bonchev–Trinajstić information content (AvgIpc) is 3.17. The molecule has 3 rings (SSSR count). The Kier molecular flexibility index (Phi) is 7.93. The number of carbonyl (C=O) groups is 1. The first-order chi connectivity index (χ1) is 15.4. The predicted molar refractivity (Wildman–Crippen MR) is 113 cm³/mol. The van der Waals surface area contributed by atoms with Crippen LogP contribution in [-0.4, -0.2) is 57.0 Å². The van der Waals surface area contributed by atoms with Gasteiger partial charge >= 0.3 is 6.16 Å². The van der Waals surface area contributed by atoms with Gasteiger partial charge in [-0.3, -0.25) is 0 Å². The number of hydrogen-bond acceptors (Lipinski definition) is 9. The Labute approximate surface area is 193 Å². The van der Waals surface area contributed by atoms with Gasteiger partial charge in [0.05, 0.1) is 6.10 Å². The lowest BCUT2D eigenvalue weighted by Crippen LogP contribution is -2.40. The smallest absolute Gasteiger partial charge is 0.528 e. The molecule has 1 aromatic heterocycles. The minimum absolute atomic E-state index is 0.00716. The van der Waals surface area contributed by atoms with Crippen molar-refractivity contribution in [3.8, 4) is 11.4 Å². The SMILES string of the molecule is CC(OC1CCN(OC(=O)OC(C)(C)C)CC1)c1nc(-c2cc(F)c([S+](C)[O-])c(F)c2)no1. The summed E-state index contributed by atoms with van der Waals surface area (Å²) >= 11 is -1.81.